The molecule has 0 spiro atoms. The number of likely N-dealkylation sites (tertiary alicyclic amines) is 1. The van der Waals surface area contributed by atoms with Crippen LogP contribution in [-0.4, -0.2) is 44.8 Å². The first kappa shape index (κ1) is 17.5. The van der Waals surface area contributed by atoms with Crippen molar-refractivity contribution < 1.29 is 4.74 Å². The van der Waals surface area contributed by atoms with Gasteiger partial charge < -0.3 is 4.74 Å². The fraction of sp³-hybridized carbons (Fsp3) is 0.350. The third-order valence-electron chi connectivity index (χ3n) is 5.00. The van der Waals surface area contributed by atoms with Gasteiger partial charge in [0.15, 0.2) is 0 Å². The van der Waals surface area contributed by atoms with Gasteiger partial charge in [-0.25, -0.2) is 4.79 Å². The average Bonchev–Trinajstić information content (AvgIpc) is 3.11. The molecule has 0 bridgehead atoms. The summed E-state index contributed by atoms with van der Waals surface area (Å²) in [7, 11) is 1.62. The zero-order valence-electron chi connectivity index (χ0n) is 15.3. The molecule has 27 heavy (non-hydrogen) atoms. The second kappa shape index (κ2) is 7.75. The third kappa shape index (κ3) is 3.93. The van der Waals surface area contributed by atoms with E-state index in [1.807, 2.05) is 48.8 Å². The van der Waals surface area contributed by atoms with Gasteiger partial charge >= 0.3 is 5.69 Å². The van der Waals surface area contributed by atoms with Gasteiger partial charge in [-0.2, -0.15) is 4.68 Å². The summed E-state index contributed by atoms with van der Waals surface area (Å²) < 4.78 is 6.60. The lowest BCUT2D eigenvalue weighted by atomic mass is 9.97. The molecule has 1 unspecified atom stereocenters. The number of hydrogen-bond donors (Lipinski definition) is 1. The van der Waals surface area contributed by atoms with Crippen LogP contribution in [0.1, 0.15) is 30.1 Å². The maximum atomic E-state index is 12.4. The fourth-order valence-corrected chi connectivity index (χ4v) is 3.59. The number of piperidine rings is 1. The van der Waals surface area contributed by atoms with Crippen LogP contribution in [0.4, 0.5) is 0 Å². The molecule has 3 heterocycles. The van der Waals surface area contributed by atoms with Gasteiger partial charge in [0.25, 0.3) is 0 Å². The molecule has 4 rings (SSSR count). The first-order chi connectivity index (χ1) is 13.2. The molecular formula is C20H23N5O2. The Kier molecular flexibility index (Phi) is 5.02. The number of H-pyrrole nitrogens is 1. The number of nitrogens with zero attached hydrogens (tertiary/aromatic N) is 4. The summed E-state index contributed by atoms with van der Waals surface area (Å²) >= 11 is 0. The molecule has 1 fully saturated rings. The van der Waals surface area contributed by atoms with Gasteiger partial charge in [-0.05, 0) is 61.3 Å². The number of pyridine rings is 1. The van der Waals surface area contributed by atoms with E-state index in [0.717, 1.165) is 49.7 Å². The number of ether oxygens (including phenoxy) is 1. The highest BCUT2D eigenvalue weighted by atomic mass is 16.5. The molecule has 1 aliphatic heterocycles. The summed E-state index contributed by atoms with van der Waals surface area (Å²) in [5.74, 6) is 1.74. The zero-order valence-corrected chi connectivity index (χ0v) is 15.3. The van der Waals surface area contributed by atoms with Gasteiger partial charge in [-0.1, -0.05) is 0 Å². The standard InChI is InChI=1S/C20H23N5O2/c1-27-18-6-4-17(5-7-18)25-20(26)22-19(23-25)16-3-2-12-24(14-16)13-15-8-10-21-11-9-15/h4-11,16H,2-3,12-14H2,1H3,(H,22,23,26). The summed E-state index contributed by atoms with van der Waals surface area (Å²) in [5.41, 5.74) is 1.78. The van der Waals surface area contributed by atoms with Crippen molar-refractivity contribution in [1.29, 1.82) is 0 Å². The first-order valence-electron chi connectivity index (χ1n) is 9.18. The molecule has 0 amide bonds. The highest BCUT2D eigenvalue weighted by molar-refractivity contribution is 5.36. The Morgan fingerprint density at radius 2 is 1.96 bits per heavy atom. The van der Waals surface area contributed by atoms with Crippen molar-refractivity contribution in [2.24, 2.45) is 0 Å². The van der Waals surface area contributed by atoms with E-state index >= 15 is 0 Å². The molecule has 1 saturated heterocycles. The van der Waals surface area contributed by atoms with Crippen LogP contribution in [0.5, 0.6) is 5.75 Å². The minimum absolute atomic E-state index is 0.207. The minimum atomic E-state index is -0.207. The van der Waals surface area contributed by atoms with E-state index in [4.69, 9.17) is 4.74 Å². The maximum Gasteiger partial charge on any atom is 0.348 e. The number of aromatic amines is 1. The van der Waals surface area contributed by atoms with Crippen molar-refractivity contribution in [2.45, 2.75) is 25.3 Å². The van der Waals surface area contributed by atoms with Crippen LogP contribution < -0.4 is 10.4 Å². The van der Waals surface area contributed by atoms with Crippen LogP contribution in [0.2, 0.25) is 0 Å². The Balaban J connectivity index is 1.50. The second-order valence-corrected chi connectivity index (χ2v) is 6.85. The molecule has 1 aliphatic rings. The highest BCUT2D eigenvalue weighted by Gasteiger charge is 2.25. The predicted octanol–water partition coefficient (Wildman–Crippen LogP) is 2.34. The molecule has 140 valence electrons. The van der Waals surface area contributed by atoms with Crippen LogP contribution >= 0.6 is 0 Å². The lowest BCUT2D eigenvalue weighted by Gasteiger charge is -2.31. The summed E-state index contributed by atoms with van der Waals surface area (Å²) in [6, 6.07) is 11.4. The molecule has 7 heteroatoms. The van der Waals surface area contributed by atoms with E-state index in [9.17, 15) is 4.79 Å². The SMILES string of the molecule is COc1ccc(-n2nc(C3CCCN(Cc4ccncc4)C3)[nH]c2=O)cc1. The molecule has 1 N–H and O–H groups in total. The van der Waals surface area contributed by atoms with Crippen molar-refractivity contribution in [2.75, 3.05) is 20.2 Å². The highest BCUT2D eigenvalue weighted by Crippen LogP contribution is 2.25. The number of rotatable bonds is 5. The Hall–Kier alpha value is -2.93. The van der Waals surface area contributed by atoms with Crippen LogP contribution in [0.3, 0.4) is 0 Å². The fourth-order valence-electron chi connectivity index (χ4n) is 3.59. The summed E-state index contributed by atoms with van der Waals surface area (Å²) in [6.45, 7) is 2.84. The zero-order chi connectivity index (χ0) is 18.6. The van der Waals surface area contributed by atoms with Crippen LogP contribution in [-0.2, 0) is 6.54 Å². The van der Waals surface area contributed by atoms with E-state index in [0.29, 0.717) is 0 Å². The van der Waals surface area contributed by atoms with Gasteiger partial charge in [0.1, 0.15) is 11.6 Å². The van der Waals surface area contributed by atoms with E-state index in [-0.39, 0.29) is 11.6 Å². The second-order valence-electron chi connectivity index (χ2n) is 6.85. The Morgan fingerprint density at radius 3 is 2.70 bits per heavy atom. The molecule has 0 aliphatic carbocycles. The smallest absolute Gasteiger partial charge is 0.348 e. The predicted molar refractivity (Wildman–Crippen MR) is 102 cm³/mol. The Bertz CT molecular complexity index is 933. The molecule has 3 aromatic rings. The molecule has 2 aromatic heterocycles. The van der Waals surface area contributed by atoms with Crippen LogP contribution in [0.15, 0.2) is 53.6 Å². The van der Waals surface area contributed by atoms with Crippen molar-refractivity contribution in [1.82, 2.24) is 24.6 Å². The summed E-state index contributed by atoms with van der Waals surface area (Å²) in [4.78, 5) is 21.8. The molecule has 1 aromatic carbocycles. The van der Waals surface area contributed by atoms with Crippen molar-refractivity contribution in [3.63, 3.8) is 0 Å². The minimum Gasteiger partial charge on any atom is -0.497 e. The Labute approximate surface area is 157 Å². The van der Waals surface area contributed by atoms with Crippen molar-refractivity contribution in [3.8, 4) is 11.4 Å². The van der Waals surface area contributed by atoms with Crippen LogP contribution in [0.25, 0.3) is 5.69 Å². The first-order valence-corrected chi connectivity index (χ1v) is 9.18. The van der Waals surface area contributed by atoms with Crippen LogP contribution in [0, 0.1) is 0 Å². The number of aromatic nitrogens is 4. The lowest BCUT2D eigenvalue weighted by molar-refractivity contribution is 0.196. The van der Waals surface area contributed by atoms with E-state index in [2.05, 4.69) is 20.0 Å². The lowest BCUT2D eigenvalue weighted by Crippen LogP contribution is -2.34. The largest absolute Gasteiger partial charge is 0.497 e. The quantitative estimate of drug-likeness (QED) is 0.751. The topological polar surface area (TPSA) is 76.0 Å². The molecule has 7 nitrogen and oxygen atoms in total. The van der Waals surface area contributed by atoms with E-state index in [1.54, 1.807) is 7.11 Å². The molecule has 0 radical (unpaired) electrons. The molecule has 0 saturated carbocycles. The van der Waals surface area contributed by atoms with Crippen molar-refractivity contribution in [3.05, 3.63) is 70.7 Å². The number of hydrogen-bond acceptors (Lipinski definition) is 5. The monoisotopic (exact) mass is 365 g/mol. The summed E-state index contributed by atoms with van der Waals surface area (Å²) in [6.07, 6.45) is 5.77. The average molecular weight is 365 g/mol. The van der Waals surface area contributed by atoms with Gasteiger partial charge in [0.05, 0.1) is 12.8 Å². The van der Waals surface area contributed by atoms with E-state index in [1.165, 1.54) is 10.2 Å². The Morgan fingerprint density at radius 1 is 1.19 bits per heavy atom. The van der Waals surface area contributed by atoms with Crippen molar-refractivity contribution >= 4 is 0 Å². The number of benzene rings is 1. The normalized spacial score (nSPS) is 17.7. The van der Waals surface area contributed by atoms with E-state index < -0.39 is 0 Å². The van der Waals surface area contributed by atoms with Gasteiger partial charge in [0, 0.05) is 31.4 Å². The molecule has 1 atom stereocenters. The van der Waals surface area contributed by atoms with Gasteiger partial charge in [-0.15, -0.1) is 5.10 Å². The number of methoxy groups -OCH3 is 1. The summed E-state index contributed by atoms with van der Waals surface area (Å²) in [5, 5.41) is 4.57. The third-order valence-corrected chi connectivity index (χ3v) is 5.00. The van der Waals surface area contributed by atoms with Gasteiger partial charge in [0.2, 0.25) is 0 Å². The number of nitrogens with one attached hydrogen (secondary N) is 1. The molecular weight excluding hydrogens is 342 g/mol. The maximum absolute atomic E-state index is 12.4. The van der Waals surface area contributed by atoms with Gasteiger partial charge in [-0.3, -0.25) is 14.9 Å².